The molecule has 5 heteroatoms. The van der Waals surface area contributed by atoms with Gasteiger partial charge in [-0.2, -0.15) is 0 Å². The number of amides is 1. The average Bonchev–Trinajstić information content (AvgIpc) is 2.79. The molecule has 1 aliphatic heterocycles. The van der Waals surface area contributed by atoms with Gasteiger partial charge in [0.25, 0.3) is 0 Å². The van der Waals surface area contributed by atoms with Crippen molar-refractivity contribution >= 4 is 5.91 Å². The summed E-state index contributed by atoms with van der Waals surface area (Å²) in [6.45, 7) is 5.48. The molecule has 19 heavy (non-hydrogen) atoms. The molecule has 0 aliphatic carbocycles. The molecule has 0 aromatic carbocycles. The number of carbonyl (C=O) groups excluding carboxylic acids is 1. The van der Waals surface area contributed by atoms with Crippen LogP contribution in [-0.2, 0) is 11.3 Å². The summed E-state index contributed by atoms with van der Waals surface area (Å²) in [7, 11) is 1.68. The smallest absolute Gasteiger partial charge is 0.220 e. The van der Waals surface area contributed by atoms with Crippen LogP contribution in [0, 0.1) is 13.8 Å². The summed E-state index contributed by atoms with van der Waals surface area (Å²) in [5, 5.41) is 6.28. The molecule has 1 unspecified atom stereocenters. The normalized spacial score (nSPS) is 18.5. The van der Waals surface area contributed by atoms with Crippen molar-refractivity contribution < 1.29 is 9.53 Å². The number of hydrogen-bond donors (Lipinski definition) is 2. The van der Waals surface area contributed by atoms with Crippen molar-refractivity contribution in [2.24, 2.45) is 0 Å². The molecule has 1 amide bonds. The second-order valence-electron chi connectivity index (χ2n) is 4.98. The number of methoxy groups -OCH3 is 1. The molecule has 0 radical (unpaired) electrons. The third kappa shape index (κ3) is 3.23. The van der Waals surface area contributed by atoms with Crippen molar-refractivity contribution in [1.29, 1.82) is 0 Å². The van der Waals surface area contributed by atoms with Crippen LogP contribution in [0.1, 0.15) is 29.7 Å². The number of aryl methyl sites for hydroxylation is 1. The van der Waals surface area contributed by atoms with E-state index in [1.54, 1.807) is 7.11 Å². The number of ether oxygens (including phenoxy) is 1. The summed E-state index contributed by atoms with van der Waals surface area (Å²) >= 11 is 0. The Kier molecular flexibility index (Phi) is 4.37. The number of nitrogens with one attached hydrogen (secondary N) is 2. The SMILES string of the molecule is COc1c(C)cnc(CNCC2CCC(=O)N2)c1C. The summed E-state index contributed by atoms with van der Waals surface area (Å²) < 4.78 is 5.39. The van der Waals surface area contributed by atoms with Crippen molar-refractivity contribution in [3.05, 3.63) is 23.0 Å². The standard InChI is InChI=1S/C14H21N3O2/c1-9-6-16-12(10(2)14(9)19-3)8-15-7-11-4-5-13(18)17-11/h6,11,15H,4-5,7-8H2,1-3H3,(H,17,18). The fraction of sp³-hybridized carbons (Fsp3) is 0.571. The Labute approximate surface area is 113 Å². The zero-order valence-corrected chi connectivity index (χ0v) is 11.7. The third-order valence-corrected chi connectivity index (χ3v) is 3.52. The molecule has 2 rings (SSSR count). The van der Waals surface area contributed by atoms with Gasteiger partial charge in [-0.3, -0.25) is 9.78 Å². The Morgan fingerprint density at radius 1 is 1.53 bits per heavy atom. The molecule has 1 fully saturated rings. The van der Waals surface area contributed by atoms with E-state index in [9.17, 15) is 4.79 Å². The first-order valence-corrected chi connectivity index (χ1v) is 6.61. The fourth-order valence-corrected chi connectivity index (χ4v) is 2.44. The quantitative estimate of drug-likeness (QED) is 0.834. The van der Waals surface area contributed by atoms with Gasteiger partial charge >= 0.3 is 0 Å². The fourth-order valence-electron chi connectivity index (χ4n) is 2.44. The second-order valence-corrected chi connectivity index (χ2v) is 4.98. The maximum atomic E-state index is 11.1. The largest absolute Gasteiger partial charge is 0.496 e. The van der Waals surface area contributed by atoms with Gasteiger partial charge in [0, 0.05) is 42.9 Å². The lowest BCUT2D eigenvalue weighted by Gasteiger charge is -2.14. The summed E-state index contributed by atoms with van der Waals surface area (Å²) in [4.78, 5) is 15.5. The molecular formula is C14H21N3O2. The molecule has 1 saturated heterocycles. The van der Waals surface area contributed by atoms with Gasteiger partial charge < -0.3 is 15.4 Å². The third-order valence-electron chi connectivity index (χ3n) is 3.52. The molecule has 0 bridgehead atoms. The Morgan fingerprint density at radius 2 is 2.32 bits per heavy atom. The first-order valence-electron chi connectivity index (χ1n) is 6.61. The summed E-state index contributed by atoms with van der Waals surface area (Å²) in [5.41, 5.74) is 3.11. The van der Waals surface area contributed by atoms with Crippen LogP contribution >= 0.6 is 0 Å². The highest BCUT2D eigenvalue weighted by Crippen LogP contribution is 2.23. The van der Waals surface area contributed by atoms with Gasteiger partial charge in [0.05, 0.1) is 12.8 Å². The minimum atomic E-state index is 0.151. The molecular weight excluding hydrogens is 242 g/mol. The minimum Gasteiger partial charge on any atom is -0.496 e. The lowest BCUT2D eigenvalue weighted by Crippen LogP contribution is -2.35. The predicted octanol–water partition coefficient (Wildman–Crippen LogP) is 1.08. The van der Waals surface area contributed by atoms with Gasteiger partial charge in [-0.1, -0.05) is 0 Å². The Hall–Kier alpha value is -1.62. The number of carbonyl (C=O) groups is 1. The van der Waals surface area contributed by atoms with Gasteiger partial charge in [0.1, 0.15) is 5.75 Å². The van der Waals surface area contributed by atoms with E-state index in [1.807, 2.05) is 20.0 Å². The van der Waals surface area contributed by atoms with Crippen molar-refractivity contribution in [3.8, 4) is 5.75 Å². The maximum Gasteiger partial charge on any atom is 0.220 e. The highest BCUT2D eigenvalue weighted by molar-refractivity contribution is 5.78. The van der Waals surface area contributed by atoms with Gasteiger partial charge in [0.15, 0.2) is 0 Å². The maximum absolute atomic E-state index is 11.1. The van der Waals surface area contributed by atoms with E-state index in [0.717, 1.165) is 35.5 Å². The van der Waals surface area contributed by atoms with Crippen molar-refractivity contribution in [3.63, 3.8) is 0 Å². The molecule has 1 atom stereocenters. The summed E-state index contributed by atoms with van der Waals surface area (Å²) in [6, 6.07) is 0.250. The zero-order chi connectivity index (χ0) is 13.8. The lowest BCUT2D eigenvalue weighted by molar-refractivity contribution is -0.119. The van der Waals surface area contributed by atoms with E-state index in [1.165, 1.54) is 0 Å². The number of pyridine rings is 1. The van der Waals surface area contributed by atoms with E-state index >= 15 is 0 Å². The molecule has 1 aliphatic rings. The van der Waals surface area contributed by atoms with E-state index in [4.69, 9.17) is 4.74 Å². The molecule has 0 spiro atoms. The van der Waals surface area contributed by atoms with Crippen LogP contribution in [-0.4, -0.2) is 30.6 Å². The topological polar surface area (TPSA) is 63.2 Å². The van der Waals surface area contributed by atoms with Gasteiger partial charge in [-0.25, -0.2) is 0 Å². The molecule has 1 aromatic rings. The summed E-state index contributed by atoms with van der Waals surface area (Å²) in [6.07, 6.45) is 3.39. The van der Waals surface area contributed by atoms with E-state index in [-0.39, 0.29) is 11.9 Å². The number of aromatic nitrogens is 1. The zero-order valence-electron chi connectivity index (χ0n) is 11.7. The molecule has 2 heterocycles. The van der Waals surface area contributed by atoms with Crippen molar-refractivity contribution in [2.75, 3.05) is 13.7 Å². The van der Waals surface area contributed by atoms with Crippen LogP contribution in [0.2, 0.25) is 0 Å². The van der Waals surface area contributed by atoms with Gasteiger partial charge in [-0.15, -0.1) is 0 Å². The van der Waals surface area contributed by atoms with Crippen LogP contribution < -0.4 is 15.4 Å². The molecule has 1 aromatic heterocycles. The van der Waals surface area contributed by atoms with Crippen LogP contribution in [0.5, 0.6) is 5.75 Å². The van der Waals surface area contributed by atoms with Gasteiger partial charge in [-0.05, 0) is 20.3 Å². The molecule has 5 nitrogen and oxygen atoms in total. The Balaban J connectivity index is 1.91. The highest BCUT2D eigenvalue weighted by Gasteiger charge is 2.20. The Morgan fingerprint density at radius 3 is 2.95 bits per heavy atom. The Bertz CT molecular complexity index is 474. The molecule has 2 N–H and O–H groups in total. The monoisotopic (exact) mass is 263 g/mol. The summed E-state index contributed by atoms with van der Waals surface area (Å²) in [5.74, 6) is 1.05. The average molecular weight is 263 g/mol. The lowest BCUT2D eigenvalue weighted by atomic mass is 10.1. The molecule has 104 valence electrons. The van der Waals surface area contributed by atoms with Gasteiger partial charge in [0.2, 0.25) is 5.91 Å². The highest BCUT2D eigenvalue weighted by atomic mass is 16.5. The van der Waals surface area contributed by atoms with Crippen LogP contribution in [0.3, 0.4) is 0 Å². The van der Waals surface area contributed by atoms with E-state index in [0.29, 0.717) is 13.0 Å². The van der Waals surface area contributed by atoms with Crippen LogP contribution in [0.15, 0.2) is 6.20 Å². The van der Waals surface area contributed by atoms with Crippen molar-refractivity contribution in [2.45, 2.75) is 39.3 Å². The van der Waals surface area contributed by atoms with E-state index in [2.05, 4.69) is 15.6 Å². The van der Waals surface area contributed by atoms with E-state index < -0.39 is 0 Å². The number of rotatable bonds is 5. The first-order chi connectivity index (χ1) is 9.11. The van der Waals surface area contributed by atoms with Crippen LogP contribution in [0.4, 0.5) is 0 Å². The molecule has 0 saturated carbocycles. The predicted molar refractivity (Wildman–Crippen MR) is 73.1 cm³/mol. The van der Waals surface area contributed by atoms with Crippen molar-refractivity contribution in [1.82, 2.24) is 15.6 Å². The minimum absolute atomic E-state index is 0.151. The second kappa shape index (κ2) is 6.02. The first kappa shape index (κ1) is 13.8. The van der Waals surface area contributed by atoms with Crippen LogP contribution in [0.25, 0.3) is 0 Å². The number of hydrogen-bond acceptors (Lipinski definition) is 4. The number of nitrogens with zero attached hydrogens (tertiary/aromatic N) is 1.